The largest absolute Gasteiger partial charge is 0.507 e. The molecule has 112 valence electrons. The van der Waals surface area contributed by atoms with Crippen molar-refractivity contribution in [1.29, 1.82) is 0 Å². The first kappa shape index (κ1) is 12.9. The fourth-order valence-electron chi connectivity index (χ4n) is 3.85. The second kappa shape index (κ2) is 3.90. The number of carbonyl (C=O) groups is 1. The minimum absolute atomic E-state index is 0.0406. The smallest absolute Gasteiger partial charge is 0.172 e. The van der Waals surface area contributed by atoms with E-state index in [1.165, 1.54) is 13.2 Å². The van der Waals surface area contributed by atoms with Crippen LogP contribution in [0.5, 0.6) is 17.2 Å². The number of fused-ring (bicyclic) bond motifs is 3. The molecule has 0 radical (unpaired) electrons. The third-order valence-electron chi connectivity index (χ3n) is 4.83. The number of benzene rings is 1. The predicted octanol–water partition coefficient (Wildman–Crippen LogP) is 1.74. The van der Waals surface area contributed by atoms with Gasteiger partial charge in [0.05, 0.1) is 31.3 Å². The summed E-state index contributed by atoms with van der Waals surface area (Å²) < 4.78 is 16.7. The molecule has 2 N–H and O–H groups in total. The number of methoxy groups -OCH3 is 1. The molecule has 1 aliphatic carbocycles. The molecule has 6 nitrogen and oxygen atoms in total. The van der Waals surface area contributed by atoms with Crippen LogP contribution in [0.4, 0.5) is 0 Å². The van der Waals surface area contributed by atoms with Gasteiger partial charge in [-0.2, -0.15) is 0 Å². The number of aromatic hydroxyl groups is 2. The van der Waals surface area contributed by atoms with Crippen LogP contribution in [-0.4, -0.2) is 35.5 Å². The predicted molar refractivity (Wildman–Crippen MR) is 70.4 cm³/mol. The molecular weight excluding hydrogens is 276 g/mol. The number of rotatable bonds is 1. The third-order valence-corrected chi connectivity index (χ3v) is 4.83. The molecule has 1 aromatic rings. The monoisotopic (exact) mass is 292 g/mol. The number of ether oxygens (including phenoxy) is 3. The molecule has 2 saturated heterocycles. The Morgan fingerprint density at radius 1 is 1.43 bits per heavy atom. The molecule has 0 saturated carbocycles. The van der Waals surface area contributed by atoms with E-state index in [1.807, 2.05) is 6.92 Å². The topological polar surface area (TPSA) is 85.2 Å². The maximum absolute atomic E-state index is 12.6. The van der Waals surface area contributed by atoms with E-state index in [1.54, 1.807) is 0 Å². The molecule has 2 aliphatic heterocycles. The van der Waals surface area contributed by atoms with Crippen LogP contribution in [0.25, 0.3) is 0 Å². The Hall–Kier alpha value is -1.79. The van der Waals surface area contributed by atoms with Crippen molar-refractivity contribution >= 4 is 5.78 Å². The number of phenolic OH excluding ortho intramolecular Hbond substituents is 2. The highest BCUT2D eigenvalue weighted by Crippen LogP contribution is 2.59. The Balaban J connectivity index is 1.98. The van der Waals surface area contributed by atoms with Crippen LogP contribution in [0.15, 0.2) is 6.07 Å². The highest BCUT2D eigenvalue weighted by Gasteiger charge is 2.58. The van der Waals surface area contributed by atoms with E-state index in [9.17, 15) is 15.0 Å². The summed E-state index contributed by atoms with van der Waals surface area (Å²) >= 11 is 0. The molecule has 21 heavy (non-hydrogen) atoms. The van der Waals surface area contributed by atoms with E-state index in [0.717, 1.165) is 0 Å². The zero-order chi connectivity index (χ0) is 14.9. The Kier molecular flexibility index (Phi) is 2.40. The quantitative estimate of drug-likeness (QED) is 0.767. The minimum atomic E-state index is -0.737. The zero-order valence-electron chi connectivity index (χ0n) is 11.8. The van der Waals surface area contributed by atoms with E-state index in [0.29, 0.717) is 12.0 Å². The lowest BCUT2D eigenvalue weighted by atomic mass is 9.71. The van der Waals surface area contributed by atoms with Crippen molar-refractivity contribution in [1.82, 2.24) is 0 Å². The average molecular weight is 292 g/mol. The normalized spacial score (nSPS) is 36.5. The summed E-state index contributed by atoms with van der Waals surface area (Å²) in [7, 11) is 1.40. The molecule has 3 aliphatic rings. The molecule has 0 aromatic heterocycles. The molecule has 4 rings (SSSR count). The van der Waals surface area contributed by atoms with E-state index in [2.05, 4.69) is 0 Å². The van der Waals surface area contributed by atoms with Crippen LogP contribution < -0.4 is 4.74 Å². The van der Waals surface area contributed by atoms with Gasteiger partial charge in [0.1, 0.15) is 5.75 Å². The number of ketones is 1. The maximum atomic E-state index is 12.6. The van der Waals surface area contributed by atoms with Crippen molar-refractivity contribution in [3.8, 4) is 17.2 Å². The van der Waals surface area contributed by atoms with Crippen molar-refractivity contribution in [2.75, 3.05) is 13.7 Å². The first-order valence-electron chi connectivity index (χ1n) is 6.94. The summed E-state index contributed by atoms with van der Waals surface area (Å²) in [5.41, 5.74) is 0.460. The number of hydrogen-bond acceptors (Lipinski definition) is 6. The molecule has 6 heteroatoms. The molecule has 4 atom stereocenters. The van der Waals surface area contributed by atoms with Gasteiger partial charge in [-0.1, -0.05) is 0 Å². The number of phenols is 2. The average Bonchev–Trinajstić information content (AvgIpc) is 2.74. The first-order valence-corrected chi connectivity index (χ1v) is 6.94. The van der Waals surface area contributed by atoms with Gasteiger partial charge in [-0.25, -0.2) is 0 Å². The lowest BCUT2D eigenvalue weighted by Gasteiger charge is -2.35. The summed E-state index contributed by atoms with van der Waals surface area (Å²) in [6.45, 7) is 2.12. The van der Waals surface area contributed by atoms with Crippen molar-refractivity contribution in [3.63, 3.8) is 0 Å². The molecular formula is C15H16O6. The molecule has 0 spiro atoms. The van der Waals surface area contributed by atoms with Gasteiger partial charge in [-0.3, -0.25) is 4.79 Å². The van der Waals surface area contributed by atoms with Crippen LogP contribution in [-0.2, 0) is 9.47 Å². The Morgan fingerprint density at radius 3 is 2.90 bits per heavy atom. The van der Waals surface area contributed by atoms with Crippen LogP contribution in [0.1, 0.15) is 35.4 Å². The second-order valence-electron chi connectivity index (χ2n) is 6.06. The summed E-state index contributed by atoms with van der Waals surface area (Å²) in [5, 5.41) is 20.6. The van der Waals surface area contributed by atoms with Gasteiger partial charge in [0.2, 0.25) is 0 Å². The van der Waals surface area contributed by atoms with Gasteiger partial charge in [0, 0.05) is 24.0 Å². The van der Waals surface area contributed by atoms with E-state index < -0.39 is 11.9 Å². The van der Waals surface area contributed by atoms with E-state index >= 15 is 0 Å². The van der Waals surface area contributed by atoms with Crippen molar-refractivity contribution in [2.24, 2.45) is 11.8 Å². The number of hydrogen-bond donors (Lipinski definition) is 2. The van der Waals surface area contributed by atoms with Crippen LogP contribution >= 0.6 is 0 Å². The standard InChI is InChI=1S/C15H16O6/c1-15-4-6-7(5-20-15)12(17)10-8(16)3-9(19-2)13(18)11(10)14(6)21-15/h3,6-7,14,16,18H,4-5H2,1-2H3. The summed E-state index contributed by atoms with van der Waals surface area (Å²) in [5.74, 6) is -1.51. The fraction of sp³-hybridized carbons (Fsp3) is 0.533. The number of carbonyl (C=O) groups excluding carboxylic acids is 1. The lowest BCUT2D eigenvalue weighted by Crippen LogP contribution is -2.41. The van der Waals surface area contributed by atoms with Crippen molar-refractivity contribution in [3.05, 3.63) is 17.2 Å². The van der Waals surface area contributed by atoms with E-state index in [4.69, 9.17) is 14.2 Å². The second-order valence-corrected chi connectivity index (χ2v) is 6.06. The van der Waals surface area contributed by atoms with E-state index in [-0.39, 0.29) is 47.0 Å². The zero-order valence-corrected chi connectivity index (χ0v) is 11.8. The Labute approximate surface area is 121 Å². The van der Waals surface area contributed by atoms with Gasteiger partial charge < -0.3 is 24.4 Å². The van der Waals surface area contributed by atoms with Gasteiger partial charge >= 0.3 is 0 Å². The first-order chi connectivity index (χ1) is 9.95. The molecule has 2 fully saturated rings. The van der Waals surface area contributed by atoms with Gasteiger partial charge in [0.15, 0.2) is 23.1 Å². The summed E-state index contributed by atoms with van der Waals surface area (Å²) in [4.78, 5) is 12.6. The van der Waals surface area contributed by atoms with Gasteiger partial charge in [-0.15, -0.1) is 0 Å². The fourth-order valence-corrected chi connectivity index (χ4v) is 3.85. The van der Waals surface area contributed by atoms with Crippen molar-refractivity contribution in [2.45, 2.75) is 25.2 Å². The SMILES string of the molecule is COc1cc(O)c2c(c1O)C1OC3(C)CC1C(CO3)C2=O. The molecule has 2 heterocycles. The lowest BCUT2D eigenvalue weighted by molar-refractivity contribution is -0.216. The van der Waals surface area contributed by atoms with Crippen LogP contribution in [0.3, 0.4) is 0 Å². The maximum Gasteiger partial charge on any atom is 0.172 e. The highest BCUT2D eigenvalue weighted by atomic mass is 16.7. The third kappa shape index (κ3) is 1.51. The summed E-state index contributed by atoms with van der Waals surface area (Å²) in [6, 6.07) is 1.26. The van der Waals surface area contributed by atoms with Crippen LogP contribution in [0, 0.1) is 11.8 Å². The highest BCUT2D eigenvalue weighted by molar-refractivity contribution is 6.04. The summed E-state index contributed by atoms with van der Waals surface area (Å²) in [6.07, 6.45) is 0.140. The van der Waals surface area contributed by atoms with Crippen LogP contribution in [0.2, 0.25) is 0 Å². The molecule has 4 unspecified atom stereocenters. The Morgan fingerprint density at radius 2 is 2.19 bits per heavy atom. The van der Waals surface area contributed by atoms with Gasteiger partial charge in [-0.05, 0) is 6.92 Å². The molecule has 2 bridgehead atoms. The molecule has 1 aromatic carbocycles. The van der Waals surface area contributed by atoms with Crippen molar-refractivity contribution < 1.29 is 29.2 Å². The van der Waals surface area contributed by atoms with Gasteiger partial charge in [0.25, 0.3) is 0 Å². The Bertz CT molecular complexity index is 654. The molecule has 0 amide bonds. The number of Topliss-reactive ketones (excluding diaryl/α,β-unsaturated/α-hetero) is 1. The minimum Gasteiger partial charge on any atom is -0.507 e.